The van der Waals surface area contributed by atoms with Crippen LogP contribution in [0.5, 0.6) is 0 Å². The van der Waals surface area contributed by atoms with E-state index in [-0.39, 0.29) is 22.6 Å². The smallest absolute Gasteiger partial charge is 0.341 e. The summed E-state index contributed by atoms with van der Waals surface area (Å²) in [7, 11) is 0. The van der Waals surface area contributed by atoms with E-state index >= 15 is 4.39 Å². The number of carboxylic acid groups (broad SMARTS) is 1. The molecular weight excluding hydrogens is 451 g/mol. The summed E-state index contributed by atoms with van der Waals surface area (Å²) in [5.74, 6) is -7.51. The van der Waals surface area contributed by atoms with E-state index in [9.17, 15) is 27.5 Å². The lowest BCUT2D eigenvalue weighted by molar-refractivity contribution is 0.0686. The first-order valence-corrected chi connectivity index (χ1v) is 12.1. The molecule has 0 aromatic heterocycles. The quantitative estimate of drug-likeness (QED) is 0.346. The van der Waals surface area contributed by atoms with Gasteiger partial charge in [-0.05, 0) is 91.5 Å². The molecule has 2 saturated carbocycles. The Morgan fingerprint density at radius 1 is 0.794 bits per heavy atom. The molecule has 2 aliphatic carbocycles. The Bertz CT molecular complexity index is 1040. The average molecular weight is 481 g/mol. The molecule has 0 atom stereocenters. The molecule has 0 amide bonds. The van der Waals surface area contributed by atoms with Crippen molar-refractivity contribution in [1.82, 2.24) is 0 Å². The molecule has 4 rings (SSSR count). The largest absolute Gasteiger partial charge is 0.477 e. The van der Waals surface area contributed by atoms with Crippen LogP contribution in [0, 0.1) is 46.8 Å². The maximum atomic E-state index is 15.3. The van der Waals surface area contributed by atoms with E-state index in [1.807, 2.05) is 0 Å². The highest BCUT2D eigenvalue weighted by molar-refractivity contribution is 5.91. The van der Waals surface area contributed by atoms with Gasteiger partial charge in [-0.2, -0.15) is 0 Å². The molecule has 1 N–H and O–H groups in total. The highest BCUT2D eigenvalue weighted by atomic mass is 19.2. The zero-order valence-electron chi connectivity index (χ0n) is 19.2. The molecule has 0 unspecified atom stereocenters. The normalized spacial score (nSPS) is 25.4. The van der Waals surface area contributed by atoms with Gasteiger partial charge in [0.2, 0.25) is 0 Å². The van der Waals surface area contributed by atoms with Crippen LogP contribution in [0.15, 0.2) is 18.2 Å². The first kappa shape index (κ1) is 24.7. The number of carbonyl (C=O) groups is 1. The van der Waals surface area contributed by atoms with E-state index in [0.29, 0.717) is 36.8 Å². The molecule has 184 valence electrons. The van der Waals surface area contributed by atoms with E-state index in [0.717, 1.165) is 24.8 Å². The molecule has 0 saturated heterocycles. The van der Waals surface area contributed by atoms with Gasteiger partial charge in [-0.1, -0.05) is 26.2 Å². The third-order valence-electron chi connectivity index (χ3n) is 8.08. The van der Waals surface area contributed by atoms with Gasteiger partial charge in [0.25, 0.3) is 0 Å². The zero-order chi connectivity index (χ0) is 24.6. The van der Waals surface area contributed by atoms with Crippen LogP contribution in [-0.4, -0.2) is 11.1 Å². The second kappa shape index (κ2) is 10.0. The van der Waals surface area contributed by atoms with Gasteiger partial charge in [-0.25, -0.2) is 26.7 Å². The second-order valence-corrected chi connectivity index (χ2v) is 9.87. The predicted octanol–water partition coefficient (Wildman–Crippen LogP) is 8.24. The van der Waals surface area contributed by atoms with E-state index in [1.165, 1.54) is 32.1 Å². The van der Waals surface area contributed by atoms with E-state index < -0.39 is 40.6 Å². The van der Waals surface area contributed by atoms with Gasteiger partial charge in [-0.15, -0.1) is 0 Å². The highest BCUT2D eigenvalue weighted by Gasteiger charge is 2.34. The third kappa shape index (κ3) is 4.71. The molecule has 0 spiro atoms. The SMILES string of the molecule is CC[C@H]1CC[C@H](C2CCC(c3cc(F)c(C(=O)O)c(F)c3-c3cc(F)c(F)c(F)c3)CC2)CC1. The summed E-state index contributed by atoms with van der Waals surface area (Å²) in [6, 6.07) is 2.22. The number of carboxylic acids is 1. The van der Waals surface area contributed by atoms with Crippen molar-refractivity contribution in [1.29, 1.82) is 0 Å². The fourth-order valence-electron chi connectivity index (χ4n) is 6.12. The molecule has 34 heavy (non-hydrogen) atoms. The number of hydrogen-bond donors (Lipinski definition) is 1. The van der Waals surface area contributed by atoms with E-state index in [1.54, 1.807) is 0 Å². The lowest BCUT2D eigenvalue weighted by Gasteiger charge is -2.38. The van der Waals surface area contributed by atoms with Gasteiger partial charge in [0, 0.05) is 5.56 Å². The van der Waals surface area contributed by atoms with Gasteiger partial charge in [-0.3, -0.25) is 0 Å². The standard InChI is InChI=1S/C27H29F5O2/c1-2-14-3-5-15(6-4-14)16-7-9-17(10-8-16)19-13-20(28)24(27(33)34)26(32)23(19)18-11-21(29)25(31)22(30)12-18/h11-17H,2-10H2,1H3,(H,33,34)/t14-,15-,16?,17?. The van der Waals surface area contributed by atoms with Crippen molar-refractivity contribution in [3.8, 4) is 11.1 Å². The van der Waals surface area contributed by atoms with Crippen LogP contribution in [0.4, 0.5) is 22.0 Å². The Morgan fingerprint density at radius 3 is 1.82 bits per heavy atom. The Kier molecular flexibility index (Phi) is 7.29. The molecule has 2 nitrogen and oxygen atoms in total. The first-order chi connectivity index (χ1) is 16.2. The fraction of sp³-hybridized carbons (Fsp3) is 0.519. The van der Waals surface area contributed by atoms with Crippen LogP contribution >= 0.6 is 0 Å². The second-order valence-electron chi connectivity index (χ2n) is 9.87. The summed E-state index contributed by atoms with van der Waals surface area (Å²) in [5, 5.41) is 9.30. The number of hydrogen-bond acceptors (Lipinski definition) is 1. The number of rotatable bonds is 5. The molecule has 0 heterocycles. The van der Waals surface area contributed by atoms with Crippen molar-refractivity contribution in [3.05, 3.63) is 58.4 Å². The van der Waals surface area contributed by atoms with Crippen LogP contribution in [0.1, 0.15) is 86.6 Å². The zero-order valence-corrected chi connectivity index (χ0v) is 19.2. The summed E-state index contributed by atoms with van der Waals surface area (Å²) >= 11 is 0. The minimum atomic E-state index is -1.82. The molecule has 7 heteroatoms. The van der Waals surface area contributed by atoms with Crippen molar-refractivity contribution in [2.24, 2.45) is 17.8 Å². The van der Waals surface area contributed by atoms with Crippen molar-refractivity contribution in [2.45, 2.75) is 70.6 Å². The average Bonchev–Trinajstić information content (AvgIpc) is 2.82. The molecule has 2 fully saturated rings. The van der Waals surface area contributed by atoms with Gasteiger partial charge in [0.05, 0.1) is 0 Å². The Balaban J connectivity index is 1.65. The molecule has 0 aliphatic heterocycles. The lowest BCUT2D eigenvalue weighted by atomic mass is 9.67. The fourth-order valence-corrected chi connectivity index (χ4v) is 6.12. The van der Waals surface area contributed by atoms with Crippen LogP contribution in [-0.2, 0) is 0 Å². The first-order valence-electron chi connectivity index (χ1n) is 12.1. The summed E-state index contributed by atoms with van der Waals surface area (Å²) in [6.45, 7) is 2.22. The molecule has 0 radical (unpaired) electrons. The van der Waals surface area contributed by atoms with Crippen molar-refractivity contribution in [2.75, 3.05) is 0 Å². The highest BCUT2D eigenvalue weighted by Crippen LogP contribution is 2.47. The Labute approximate surface area is 196 Å². The number of halogens is 5. The maximum Gasteiger partial charge on any atom is 0.341 e. The van der Waals surface area contributed by atoms with Gasteiger partial charge in [0.1, 0.15) is 17.2 Å². The minimum Gasteiger partial charge on any atom is -0.477 e. The van der Waals surface area contributed by atoms with Crippen LogP contribution < -0.4 is 0 Å². The summed E-state index contributed by atoms with van der Waals surface area (Å²) < 4.78 is 71.4. The van der Waals surface area contributed by atoms with E-state index in [2.05, 4.69) is 6.92 Å². The third-order valence-corrected chi connectivity index (χ3v) is 8.08. The van der Waals surface area contributed by atoms with Gasteiger partial charge < -0.3 is 5.11 Å². The summed E-state index contributed by atoms with van der Waals surface area (Å²) in [4.78, 5) is 11.5. The van der Waals surface area contributed by atoms with Crippen LogP contribution in [0.3, 0.4) is 0 Å². The Morgan fingerprint density at radius 2 is 1.32 bits per heavy atom. The topological polar surface area (TPSA) is 37.3 Å². The number of aromatic carboxylic acids is 1. The molecular formula is C27H29F5O2. The molecule has 2 aromatic carbocycles. The van der Waals surface area contributed by atoms with Crippen molar-refractivity contribution in [3.63, 3.8) is 0 Å². The predicted molar refractivity (Wildman–Crippen MR) is 119 cm³/mol. The summed E-state index contributed by atoms with van der Waals surface area (Å²) in [6.07, 6.45) is 9.11. The lowest BCUT2D eigenvalue weighted by Crippen LogP contribution is -2.25. The molecule has 2 aromatic rings. The van der Waals surface area contributed by atoms with Crippen LogP contribution in [0.25, 0.3) is 11.1 Å². The Hall–Kier alpha value is -2.44. The van der Waals surface area contributed by atoms with Crippen molar-refractivity contribution < 1.29 is 31.9 Å². The van der Waals surface area contributed by atoms with Crippen LogP contribution in [0.2, 0.25) is 0 Å². The molecule has 0 bridgehead atoms. The monoisotopic (exact) mass is 480 g/mol. The molecule has 2 aliphatic rings. The van der Waals surface area contributed by atoms with Gasteiger partial charge in [0.15, 0.2) is 17.5 Å². The van der Waals surface area contributed by atoms with Gasteiger partial charge >= 0.3 is 5.97 Å². The van der Waals surface area contributed by atoms with Crippen molar-refractivity contribution >= 4 is 5.97 Å². The number of benzene rings is 2. The summed E-state index contributed by atoms with van der Waals surface area (Å²) in [5.41, 5.74) is -1.72. The maximum absolute atomic E-state index is 15.3. The van der Waals surface area contributed by atoms with E-state index in [4.69, 9.17) is 0 Å². The minimum absolute atomic E-state index is 0.179.